The van der Waals surface area contributed by atoms with Crippen LogP contribution in [0, 0.1) is 6.92 Å². The van der Waals surface area contributed by atoms with Crippen LogP contribution in [0.5, 0.6) is 0 Å². The Labute approximate surface area is 140 Å². The van der Waals surface area contributed by atoms with Gasteiger partial charge in [-0.2, -0.15) is 0 Å². The van der Waals surface area contributed by atoms with Crippen molar-refractivity contribution < 1.29 is 18.7 Å². The molecule has 1 N–H and O–H groups in total. The summed E-state index contributed by atoms with van der Waals surface area (Å²) in [6.45, 7) is 5.82. The van der Waals surface area contributed by atoms with Crippen LogP contribution in [0.2, 0.25) is 0 Å². The minimum absolute atomic E-state index is 0.256. The van der Waals surface area contributed by atoms with Gasteiger partial charge < -0.3 is 19.4 Å². The highest BCUT2D eigenvalue weighted by molar-refractivity contribution is 5.99. The van der Waals surface area contributed by atoms with E-state index >= 15 is 0 Å². The number of hydrogen-bond acceptors (Lipinski definition) is 4. The maximum atomic E-state index is 12.4. The van der Waals surface area contributed by atoms with E-state index in [-0.39, 0.29) is 12.0 Å². The number of carbonyl (C=O) groups excluding carboxylic acids is 2. The van der Waals surface area contributed by atoms with E-state index < -0.39 is 0 Å². The molecule has 0 radical (unpaired) electrons. The predicted octanol–water partition coefficient (Wildman–Crippen LogP) is 2.88. The minimum Gasteiger partial charge on any atom is -0.451 e. The van der Waals surface area contributed by atoms with Crippen LogP contribution in [0.15, 0.2) is 22.6 Å². The van der Waals surface area contributed by atoms with Crippen LogP contribution in [-0.2, 0) is 11.2 Å². The van der Waals surface area contributed by atoms with E-state index in [2.05, 4.69) is 18.3 Å². The molecule has 0 aliphatic carbocycles. The summed E-state index contributed by atoms with van der Waals surface area (Å²) in [5, 5.41) is 3.79. The van der Waals surface area contributed by atoms with Crippen molar-refractivity contribution in [1.82, 2.24) is 10.2 Å². The highest BCUT2D eigenvalue weighted by Gasteiger charge is 2.22. The quantitative estimate of drug-likeness (QED) is 0.884. The van der Waals surface area contributed by atoms with Gasteiger partial charge in [0.25, 0.3) is 5.91 Å². The summed E-state index contributed by atoms with van der Waals surface area (Å²) in [7, 11) is 0. The first-order chi connectivity index (χ1) is 11.6. The van der Waals surface area contributed by atoms with Crippen LogP contribution in [-0.4, -0.2) is 43.1 Å². The highest BCUT2D eigenvalue weighted by Crippen LogP contribution is 2.26. The molecule has 2 amide bonds. The number of ether oxygens (including phenoxy) is 1. The number of fused-ring (bicyclic) bond motifs is 1. The third-order valence-electron chi connectivity index (χ3n) is 4.26. The fraction of sp³-hybridized carbons (Fsp3) is 0.444. The average Bonchev–Trinajstić information content (AvgIpc) is 3.12. The first-order valence-electron chi connectivity index (χ1n) is 8.32. The van der Waals surface area contributed by atoms with Gasteiger partial charge in [0.05, 0.1) is 6.54 Å². The van der Waals surface area contributed by atoms with Crippen LogP contribution in [0.1, 0.15) is 35.0 Å². The number of rotatable bonds is 6. The second kappa shape index (κ2) is 6.95. The van der Waals surface area contributed by atoms with E-state index in [0.717, 1.165) is 29.4 Å². The van der Waals surface area contributed by atoms with Gasteiger partial charge in [-0.05, 0) is 31.0 Å². The molecule has 2 heterocycles. The first kappa shape index (κ1) is 16.4. The molecular formula is C18H22N2O4. The number of carbonyl (C=O) groups is 2. The van der Waals surface area contributed by atoms with Crippen molar-refractivity contribution in [3.05, 3.63) is 35.1 Å². The molecule has 1 fully saturated rings. The molecule has 128 valence electrons. The Hall–Kier alpha value is -2.50. The average molecular weight is 330 g/mol. The van der Waals surface area contributed by atoms with E-state index in [0.29, 0.717) is 32.0 Å². The Kier molecular flexibility index (Phi) is 4.74. The van der Waals surface area contributed by atoms with Crippen LogP contribution in [0.3, 0.4) is 0 Å². The maximum Gasteiger partial charge on any atom is 0.409 e. The molecule has 6 nitrogen and oxygen atoms in total. The lowest BCUT2D eigenvalue weighted by Crippen LogP contribution is -2.35. The van der Waals surface area contributed by atoms with Crippen molar-refractivity contribution in [2.75, 3.05) is 26.2 Å². The van der Waals surface area contributed by atoms with Gasteiger partial charge in [-0.25, -0.2) is 4.79 Å². The summed E-state index contributed by atoms with van der Waals surface area (Å²) in [5.74, 6) is 0.0796. The Morgan fingerprint density at radius 2 is 2.21 bits per heavy atom. The van der Waals surface area contributed by atoms with Gasteiger partial charge in [0.2, 0.25) is 0 Å². The number of amides is 2. The van der Waals surface area contributed by atoms with Crippen molar-refractivity contribution >= 4 is 23.0 Å². The van der Waals surface area contributed by atoms with Gasteiger partial charge >= 0.3 is 6.09 Å². The largest absolute Gasteiger partial charge is 0.451 e. The molecule has 2 aromatic rings. The summed E-state index contributed by atoms with van der Waals surface area (Å²) in [4.78, 5) is 25.3. The fourth-order valence-corrected chi connectivity index (χ4v) is 2.94. The second-order valence-electron chi connectivity index (χ2n) is 5.99. The van der Waals surface area contributed by atoms with Gasteiger partial charge in [-0.1, -0.05) is 19.4 Å². The summed E-state index contributed by atoms with van der Waals surface area (Å²) < 4.78 is 10.6. The SMILES string of the molecule is CCCc1ccc2oc(C(=O)NCCN3CCOC3=O)c(C)c2c1. The third kappa shape index (κ3) is 3.22. The third-order valence-corrected chi connectivity index (χ3v) is 4.26. The lowest BCUT2D eigenvalue weighted by atomic mass is 10.1. The summed E-state index contributed by atoms with van der Waals surface area (Å²) in [5.41, 5.74) is 2.81. The van der Waals surface area contributed by atoms with Crippen LogP contribution < -0.4 is 5.32 Å². The van der Waals surface area contributed by atoms with Crippen molar-refractivity contribution in [3.8, 4) is 0 Å². The second-order valence-corrected chi connectivity index (χ2v) is 5.99. The number of hydrogen-bond donors (Lipinski definition) is 1. The van der Waals surface area contributed by atoms with Gasteiger partial charge in [0.15, 0.2) is 5.76 Å². The monoisotopic (exact) mass is 330 g/mol. The zero-order valence-electron chi connectivity index (χ0n) is 14.1. The highest BCUT2D eigenvalue weighted by atomic mass is 16.6. The normalized spacial score (nSPS) is 14.2. The van der Waals surface area contributed by atoms with Crippen LogP contribution in [0.4, 0.5) is 4.79 Å². The topological polar surface area (TPSA) is 71.8 Å². The van der Waals surface area contributed by atoms with E-state index in [1.807, 2.05) is 19.1 Å². The summed E-state index contributed by atoms with van der Waals surface area (Å²) >= 11 is 0. The molecule has 0 unspecified atom stereocenters. The van der Waals surface area contributed by atoms with Gasteiger partial charge in [-0.3, -0.25) is 4.79 Å². The zero-order chi connectivity index (χ0) is 17.1. The molecule has 1 saturated heterocycles. The summed E-state index contributed by atoms with van der Waals surface area (Å²) in [6, 6.07) is 6.05. The molecule has 0 bridgehead atoms. The standard InChI is InChI=1S/C18H22N2O4/c1-3-4-13-5-6-15-14(11-13)12(2)16(24-15)17(21)19-7-8-20-9-10-23-18(20)22/h5-6,11H,3-4,7-10H2,1-2H3,(H,19,21). The zero-order valence-corrected chi connectivity index (χ0v) is 14.1. The lowest BCUT2D eigenvalue weighted by molar-refractivity contribution is 0.0922. The van der Waals surface area contributed by atoms with E-state index in [4.69, 9.17) is 9.15 Å². The van der Waals surface area contributed by atoms with E-state index in [1.54, 1.807) is 4.90 Å². The number of furan rings is 1. The van der Waals surface area contributed by atoms with Crippen molar-refractivity contribution in [2.24, 2.45) is 0 Å². The van der Waals surface area contributed by atoms with Crippen LogP contribution in [0.25, 0.3) is 11.0 Å². The van der Waals surface area contributed by atoms with Crippen molar-refractivity contribution in [1.29, 1.82) is 0 Å². The molecular weight excluding hydrogens is 308 g/mol. The summed E-state index contributed by atoms with van der Waals surface area (Å²) in [6.07, 6.45) is 1.76. The van der Waals surface area contributed by atoms with Gasteiger partial charge in [0.1, 0.15) is 12.2 Å². The van der Waals surface area contributed by atoms with Gasteiger partial charge in [-0.15, -0.1) is 0 Å². The molecule has 0 atom stereocenters. The Morgan fingerprint density at radius 3 is 2.92 bits per heavy atom. The lowest BCUT2D eigenvalue weighted by Gasteiger charge is -2.12. The number of nitrogens with zero attached hydrogens (tertiary/aromatic N) is 1. The molecule has 6 heteroatoms. The number of cyclic esters (lactones) is 1. The van der Waals surface area contributed by atoms with Gasteiger partial charge in [0, 0.05) is 24.0 Å². The van der Waals surface area contributed by atoms with Crippen molar-refractivity contribution in [3.63, 3.8) is 0 Å². The fourth-order valence-electron chi connectivity index (χ4n) is 2.94. The predicted molar refractivity (Wildman–Crippen MR) is 90.2 cm³/mol. The molecule has 1 aliphatic heterocycles. The first-order valence-corrected chi connectivity index (χ1v) is 8.32. The van der Waals surface area contributed by atoms with E-state index in [1.165, 1.54) is 5.56 Å². The smallest absolute Gasteiger partial charge is 0.409 e. The Bertz CT molecular complexity index is 766. The Balaban J connectivity index is 1.68. The molecule has 1 aromatic heterocycles. The molecule has 0 spiro atoms. The molecule has 1 aliphatic rings. The maximum absolute atomic E-state index is 12.4. The number of benzene rings is 1. The molecule has 1 aromatic carbocycles. The van der Waals surface area contributed by atoms with Crippen molar-refractivity contribution in [2.45, 2.75) is 26.7 Å². The Morgan fingerprint density at radius 1 is 1.38 bits per heavy atom. The number of aryl methyl sites for hydroxylation is 2. The number of nitrogens with one attached hydrogen (secondary N) is 1. The van der Waals surface area contributed by atoms with Crippen LogP contribution >= 0.6 is 0 Å². The molecule has 3 rings (SSSR count). The minimum atomic E-state index is -0.326. The molecule has 24 heavy (non-hydrogen) atoms. The molecule has 0 saturated carbocycles. The van der Waals surface area contributed by atoms with E-state index in [9.17, 15) is 9.59 Å².